The molecule has 2 unspecified atom stereocenters. The number of rotatable bonds is 6. The van der Waals surface area contributed by atoms with Gasteiger partial charge in [0, 0.05) is 25.7 Å². The van der Waals surface area contributed by atoms with Crippen LogP contribution in [-0.4, -0.2) is 42.9 Å². The first-order valence-corrected chi connectivity index (χ1v) is 4.98. The van der Waals surface area contributed by atoms with Gasteiger partial charge in [-0.3, -0.25) is 4.79 Å². The summed E-state index contributed by atoms with van der Waals surface area (Å²) < 4.78 is 5.40. The van der Waals surface area contributed by atoms with E-state index in [1.165, 1.54) is 0 Å². The van der Waals surface area contributed by atoms with Crippen molar-refractivity contribution in [1.29, 1.82) is 0 Å². The number of hydrogen-bond donors (Lipinski definition) is 3. The summed E-state index contributed by atoms with van der Waals surface area (Å²) in [7, 11) is 0. The molecule has 0 spiro atoms. The summed E-state index contributed by atoms with van der Waals surface area (Å²) in [4.78, 5) is 10.3. The van der Waals surface area contributed by atoms with Crippen LogP contribution in [0.2, 0.25) is 0 Å². The topological polar surface area (TPSA) is 84.6 Å². The molecule has 1 fully saturated rings. The molecule has 2 atom stereocenters. The summed E-state index contributed by atoms with van der Waals surface area (Å²) in [5, 5.41) is 11.6. The largest absolute Gasteiger partial charge is 0.481 e. The van der Waals surface area contributed by atoms with Crippen LogP contribution in [0, 0.1) is 0 Å². The highest BCUT2D eigenvalue weighted by atomic mass is 16.5. The van der Waals surface area contributed by atoms with Crippen LogP contribution in [0.25, 0.3) is 0 Å². The molecule has 1 saturated heterocycles. The minimum absolute atomic E-state index is 0.0124. The maximum Gasteiger partial charge on any atom is 0.304 e. The summed E-state index contributed by atoms with van der Waals surface area (Å²) in [5.41, 5.74) is 5.58. The van der Waals surface area contributed by atoms with Crippen LogP contribution in [0.4, 0.5) is 0 Å². The molecule has 1 aliphatic rings. The summed E-state index contributed by atoms with van der Waals surface area (Å²) in [6, 6.07) is -0.311. The van der Waals surface area contributed by atoms with Crippen LogP contribution in [0.1, 0.15) is 19.3 Å². The fourth-order valence-electron chi connectivity index (χ4n) is 1.53. The van der Waals surface area contributed by atoms with Gasteiger partial charge in [0.2, 0.25) is 0 Å². The Labute approximate surface area is 83.6 Å². The highest BCUT2D eigenvalue weighted by Gasteiger charge is 2.15. The van der Waals surface area contributed by atoms with Crippen molar-refractivity contribution < 1.29 is 14.6 Å². The number of carboxylic acid groups (broad SMARTS) is 1. The Kier molecular flexibility index (Phi) is 4.86. The van der Waals surface area contributed by atoms with E-state index in [0.29, 0.717) is 6.54 Å². The maximum absolute atomic E-state index is 10.3. The van der Waals surface area contributed by atoms with Crippen molar-refractivity contribution in [2.75, 3.05) is 19.7 Å². The number of ether oxygens (including phenoxy) is 1. The Bertz CT molecular complexity index is 181. The van der Waals surface area contributed by atoms with E-state index in [-0.39, 0.29) is 18.6 Å². The van der Waals surface area contributed by atoms with E-state index in [1.807, 2.05) is 0 Å². The van der Waals surface area contributed by atoms with E-state index in [9.17, 15) is 4.79 Å². The molecule has 0 aromatic heterocycles. The zero-order chi connectivity index (χ0) is 10.4. The second-order valence-corrected chi connectivity index (χ2v) is 3.65. The number of carbonyl (C=O) groups is 1. The SMILES string of the molecule is NC(CNCC1CCCO1)CC(=O)O. The molecule has 0 saturated carbocycles. The third-order valence-electron chi connectivity index (χ3n) is 2.24. The quantitative estimate of drug-likeness (QED) is 0.543. The smallest absolute Gasteiger partial charge is 0.304 e. The molecule has 0 radical (unpaired) electrons. The molecule has 0 aromatic carbocycles. The van der Waals surface area contributed by atoms with Gasteiger partial charge in [-0.2, -0.15) is 0 Å². The molecule has 0 aliphatic carbocycles. The van der Waals surface area contributed by atoms with E-state index in [4.69, 9.17) is 15.6 Å². The zero-order valence-corrected chi connectivity index (χ0v) is 8.24. The Morgan fingerprint density at radius 3 is 3.07 bits per heavy atom. The minimum atomic E-state index is -0.851. The number of nitrogens with two attached hydrogens (primary N) is 1. The van der Waals surface area contributed by atoms with Gasteiger partial charge in [0.1, 0.15) is 0 Å². The first-order chi connectivity index (χ1) is 6.68. The third kappa shape index (κ3) is 4.55. The Morgan fingerprint density at radius 2 is 2.50 bits per heavy atom. The van der Waals surface area contributed by atoms with Crippen LogP contribution in [0.3, 0.4) is 0 Å². The molecule has 4 N–H and O–H groups in total. The molecule has 1 heterocycles. The van der Waals surface area contributed by atoms with Gasteiger partial charge >= 0.3 is 5.97 Å². The van der Waals surface area contributed by atoms with Gasteiger partial charge in [-0.25, -0.2) is 0 Å². The fourth-order valence-corrected chi connectivity index (χ4v) is 1.53. The van der Waals surface area contributed by atoms with Crippen molar-refractivity contribution in [2.45, 2.75) is 31.4 Å². The molecule has 82 valence electrons. The van der Waals surface area contributed by atoms with Gasteiger partial charge in [0.05, 0.1) is 12.5 Å². The number of hydrogen-bond acceptors (Lipinski definition) is 4. The van der Waals surface area contributed by atoms with Gasteiger partial charge in [0.25, 0.3) is 0 Å². The third-order valence-corrected chi connectivity index (χ3v) is 2.24. The second-order valence-electron chi connectivity index (χ2n) is 3.65. The molecule has 0 aromatic rings. The monoisotopic (exact) mass is 202 g/mol. The fraction of sp³-hybridized carbons (Fsp3) is 0.889. The van der Waals surface area contributed by atoms with Gasteiger partial charge in [-0.15, -0.1) is 0 Å². The molecular formula is C9H18N2O3. The van der Waals surface area contributed by atoms with E-state index in [0.717, 1.165) is 26.0 Å². The first-order valence-electron chi connectivity index (χ1n) is 4.98. The van der Waals surface area contributed by atoms with E-state index in [2.05, 4.69) is 5.32 Å². The number of aliphatic carboxylic acids is 1. The lowest BCUT2D eigenvalue weighted by Crippen LogP contribution is -2.38. The van der Waals surface area contributed by atoms with Crippen LogP contribution in [0.15, 0.2) is 0 Å². The Balaban J connectivity index is 1.99. The van der Waals surface area contributed by atoms with Crippen molar-refractivity contribution >= 4 is 5.97 Å². The van der Waals surface area contributed by atoms with Crippen molar-refractivity contribution in [3.8, 4) is 0 Å². The van der Waals surface area contributed by atoms with Crippen LogP contribution < -0.4 is 11.1 Å². The van der Waals surface area contributed by atoms with E-state index >= 15 is 0 Å². The van der Waals surface area contributed by atoms with Crippen molar-refractivity contribution in [1.82, 2.24) is 5.32 Å². The van der Waals surface area contributed by atoms with Gasteiger partial charge in [-0.1, -0.05) is 0 Å². The molecular weight excluding hydrogens is 184 g/mol. The summed E-state index contributed by atoms with van der Waals surface area (Å²) in [5.74, 6) is -0.851. The van der Waals surface area contributed by atoms with Crippen LogP contribution in [0.5, 0.6) is 0 Å². The van der Waals surface area contributed by atoms with E-state index in [1.54, 1.807) is 0 Å². The Morgan fingerprint density at radius 1 is 1.71 bits per heavy atom. The lowest BCUT2D eigenvalue weighted by Gasteiger charge is -2.13. The predicted molar refractivity (Wildman–Crippen MR) is 52.1 cm³/mol. The lowest BCUT2D eigenvalue weighted by atomic mass is 10.2. The summed E-state index contributed by atoms with van der Waals surface area (Å²) >= 11 is 0. The Hall–Kier alpha value is -0.650. The molecule has 0 amide bonds. The highest BCUT2D eigenvalue weighted by molar-refractivity contribution is 5.67. The molecule has 1 aliphatic heterocycles. The van der Waals surface area contributed by atoms with Crippen molar-refractivity contribution in [2.24, 2.45) is 5.73 Å². The normalized spacial score (nSPS) is 23.6. The molecule has 5 heteroatoms. The second kappa shape index (κ2) is 5.95. The van der Waals surface area contributed by atoms with Crippen LogP contribution in [-0.2, 0) is 9.53 Å². The predicted octanol–water partition coefficient (Wildman–Crippen LogP) is -0.443. The summed E-state index contributed by atoms with van der Waals surface area (Å²) in [6.45, 7) is 2.15. The van der Waals surface area contributed by atoms with E-state index < -0.39 is 5.97 Å². The van der Waals surface area contributed by atoms with Gasteiger partial charge in [0.15, 0.2) is 0 Å². The first kappa shape index (κ1) is 11.4. The number of carboxylic acids is 1. The summed E-state index contributed by atoms with van der Waals surface area (Å²) in [6.07, 6.45) is 2.50. The molecule has 1 rings (SSSR count). The maximum atomic E-state index is 10.3. The average Bonchev–Trinajstić information content (AvgIpc) is 2.55. The van der Waals surface area contributed by atoms with Crippen molar-refractivity contribution in [3.05, 3.63) is 0 Å². The van der Waals surface area contributed by atoms with Crippen molar-refractivity contribution in [3.63, 3.8) is 0 Å². The van der Waals surface area contributed by atoms with Crippen LogP contribution >= 0.6 is 0 Å². The average molecular weight is 202 g/mol. The standard InChI is InChI=1S/C9H18N2O3/c10-7(4-9(12)13)5-11-6-8-2-1-3-14-8/h7-8,11H,1-6,10H2,(H,12,13). The van der Waals surface area contributed by atoms with Gasteiger partial charge in [-0.05, 0) is 12.8 Å². The molecule has 14 heavy (non-hydrogen) atoms. The lowest BCUT2D eigenvalue weighted by molar-refractivity contribution is -0.137. The number of nitrogens with one attached hydrogen (secondary N) is 1. The molecule has 0 bridgehead atoms. The molecule has 5 nitrogen and oxygen atoms in total. The van der Waals surface area contributed by atoms with Gasteiger partial charge < -0.3 is 20.9 Å². The zero-order valence-electron chi connectivity index (χ0n) is 8.24. The minimum Gasteiger partial charge on any atom is -0.481 e. The highest BCUT2D eigenvalue weighted by Crippen LogP contribution is 2.10.